The van der Waals surface area contributed by atoms with Gasteiger partial charge in [0.2, 0.25) is 10.0 Å². The molecule has 2 aromatic carbocycles. The van der Waals surface area contributed by atoms with Crippen LogP contribution in [-0.2, 0) is 26.6 Å². The quantitative estimate of drug-likeness (QED) is 0.518. The maximum atomic E-state index is 13.5. The average molecular weight is 493 g/mol. The van der Waals surface area contributed by atoms with E-state index < -0.39 is 20.0 Å². The molecule has 1 heterocycles. The van der Waals surface area contributed by atoms with Gasteiger partial charge in [-0.2, -0.15) is 0 Å². The minimum Gasteiger partial charge on any atom is -0.367 e. The lowest BCUT2D eigenvalue weighted by molar-refractivity contribution is 0.520. The summed E-state index contributed by atoms with van der Waals surface area (Å²) in [6.07, 6.45) is 0. The number of sulfonamides is 2. The highest BCUT2D eigenvalue weighted by Gasteiger charge is 2.21. The molecule has 0 aliphatic carbocycles. The largest absolute Gasteiger partial charge is 0.367 e. The van der Waals surface area contributed by atoms with Gasteiger partial charge in [-0.1, -0.05) is 12.1 Å². The lowest BCUT2D eigenvalue weighted by atomic mass is 10.2. The summed E-state index contributed by atoms with van der Waals surface area (Å²) in [5, 5.41) is 0. The summed E-state index contributed by atoms with van der Waals surface area (Å²) in [7, 11) is -3.08. The molecule has 0 spiro atoms. The SMILES string of the molecule is Cc1nc(CN(C)c2ccccc2NS(=O)(=O)c2ccc(S(=O)(=O)N(C)C)cc2)ccc1F. The number of hydrogen-bond donors (Lipinski definition) is 1. The van der Waals surface area contributed by atoms with Crippen molar-refractivity contribution in [1.29, 1.82) is 0 Å². The van der Waals surface area contributed by atoms with Gasteiger partial charge >= 0.3 is 0 Å². The van der Waals surface area contributed by atoms with Crippen molar-refractivity contribution in [3.8, 4) is 0 Å². The van der Waals surface area contributed by atoms with Crippen molar-refractivity contribution in [1.82, 2.24) is 9.29 Å². The number of hydrogen-bond acceptors (Lipinski definition) is 6. The van der Waals surface area contributed by atoms with Crippen molar-refractivity contribution < 1.29 is 21.2 Å². The summed E-state index contributed by atoms with van der Waals surface area (Å²) in [5.74, 6) is -0.390. The van der Waals surface area contributed by atoms with E-state index in [0.717, 1.165) is 4.31 Å². The minimum atomic E-state index is -3.99. The van der Waals surface area contributed by atoms with Crippen LogP contribution in [0.2, 0.25) is 0 Å². The highest BCUT2D eigenvalue weighted by molar-refractivity contribution is 7.92. The van der Waals surface area contributed by atoms with E-state index in [4.69, 9.17) is 0 Å². The minimum absolute atomic E-state index is 0.00586. The summed E-state index contributed by atoms with van der Waals surface area (Å²) in [6.45, 7) is 1.91. The van der Waals surface area contributed by atoms with Gasteiger partial charge in [0.05, 0.1) is 39.1 Å². The lowest BCUT2D eigenvalue weighted by Crippen LogP contribution is -2.22. The third kappa shape index (κ3) is 5.49. The van der Waals surface area contributed by atoms with Crippen LogP contribution < -0.4 is 9.62 Å². The molecule has 0 radical (unpaired) electrons. The van der Waals surface area contributed by atoms with E-state index in [0.29, 0.717) is 23.6 Å². The summed E-state index contributed by atoms with van der Waals surface area (Å²) >= 11 is 0. The molecule has 8 nitrogen and oxygen atoms in total. The Morgan fingerprint density at radius 1 is 0.879 bits per heavy atom. The van der Waals surface area contributed by atoms with E-state index in [2.05, 4.69) is 9.71 Å². The van der Waals surface area contributed by atoms with Gasteiger partial charge in [0, 0.05) is 21.1 Å². The maximum absolute atomic E-state index is 13.5. The first kappa shape index (κ1) is 24.6. The van der Waals surface area contributed by atoms with Gasteiger partial charge in [-0.05, 0) is 55.5 Å². The average Bonchev–Trinajstić information content (AvgIpc) is 2.76. The van der Waals surface area contributed by atoms with E-state index in [-0.39, 0.29) is 21.3 Å². The summed E-state index contributed by atoms with van der Waals surface area (Å²) in [6, 6.07) is 14.8. The number of nitrogens with one attached hydrogen (secondary N) is 1. The van der Waals surface area contributed by atoms with Gasteiger partial charge in [0.15, 0.2) is 0 Å². The Kier molecular flexibility index (Phi) is 7.06. The Bertz CT molecular complexity index is 1360. The fraction of sp³-hybridized carbons (Fsp3) is 0.227. The van der Waals surface area contributed by atoms with Crippen molar-refractivity contribution in [2.24, 2.45) is 0 Å². The molecule has 0 bridgehead atoms. The van der Waals surface area contributed by atoms with Crippen molar-refractivity contribution in [3.63, 3.8) is 0 Å². The second kappa shape index (κ2) is 9.46. The van der Waals surface area contributed by atoms with Crippen LogP contribution in [0.1, 0.15) is 11.4 Å². The third-order valence-electron chi connectivity index (χ3n) is 4.95. The number of nitrogens with zero attached hydrogens (tertiary/aromatic N) is 3. The van der Waals surface area contributed by atoms with Crippen molar-refractivity contribution >= 4 is 31.4 Å². The molecule has 0 atom stereocenters. The number of benzene rings is 2. The molecule has 0 aliphatic rings. The molecule has 176 valence electrons. The molecule has 0 saturated carbocycles. The van der Waals surface area contributed by atoms with Crippen LogP contribution in [0.4, 0.5) is 15.8 Å². The number of halogens is 1. The van der Waals surface area contributed by atoms with Gasteiger partial charge in [0.25, 0.3) is 10.0 Å². The Morgan fingerprint density at radius 3 is 2.09 bits per heavy atom. The van der Waals surface area contributed by atoms with Gasteiger partial charge in [-0.3, -0.25) is 9.71 Å². The number of para-hydroxylation sites is 2. The van der Waals surface area contributed by atoms with Crippen LogP contribution >= 0.6 is 0 Å². The third-order valence-corrected chi connectivity index (χ3v) is 8.16. The standard InChI is InChI=1S/C22H25FN4O4S2/c1-16-20(23)14-9-17(24-16)15-27(4)22-8-6-5-7-21(22)25-32(28,29)18-10-12-19(13-11-18)33(30,31)26(2)3/h5-14,25H,15H2,1-4H3. The lowest BCUT2D eigenvalue weighted by Gasteiger charge is -2.23. The van der Waals surface area contributed by atoms with Crippen LogP contribution in [0, 0.1) is 12.7 Å². The fourth-order valence-corrected chi connectivity index (χ4v) is 5.09. The predicted octanol–water partition coefficient (Wildman–Crippen LogP) is 3.22. The van der Waals surface area contributed by atoms with Crippen LogP contribution in [0.3, 0.4) is 0 Å². The van der Waals surface area contributed by atoms with Crippen LogP contribution in [-0.4, -0.2) is 47.3 Å². The summed E-state index contributed by atoms with van der Waals surface area (Å²) in [5.41, 5.74) is 1.85. The highest BCUT2D eigenvalue weighted by atomic mass is 32.2. The second-order valence-electron chi connectivity index (χ2n) is 7.61. The Labute approximate surface area is 193 Å². The zero-order valence-corrected chi connectivity index (χ0v) is 20.3. The van der Waals surface area contributed by atoms with Crippen LogP contribution in [0.15, 0.2) is 70.5 Å². The first-order valence-corrected chi connectivity index (χ1v) is 12.8. The molecule has 0 aliphatic heterocycles. The molecule has 11 heteroatoms. The molecule has 33 heavy (non-hydrogen) atoms. The first-order valence-electron chi connectivity index (χ1n) is 9.89. The Morgan fingerprint density at radius 2 is 1.48 bits per heavy atom. The van der Waals surface area contributed by atoms with Crippen LogP contribution in [0.5, 0.6) is 0 Å². The molecule has 3 aromatic rings. The van der Waals surface area contributed by atoms with Crippen LogP contribution in [0.25, 0.3) is 0 Å². The van der Waals surface area contributed by atoms with E-state index >= 15 is 0 Å². The number of pyridine rings is 1. The zero-order chi connectivity index (χ0) is 24.4. The van der Waals surface area contributed by atoms with Gasteiger partial charge in [-0.25, -0.2) is 25.5 Å². The number of aryl methyl sites for hydroxylation is 1. The van der Waals surface area contributed by atoms with Crippen molar-refractivity contribution in [2.75, 3.05) is 30.8 Å². The van der Waals surface area contributed by atoms with E-state index in [9.17, 15) is 21.2 Å². The van der Waals surface area contributed by atoms with Gasteiger partial charge in [-0.15, -0.1) is 0 Å². The Balaban J connectivity index is 1.85. The zero-order valence-electron chi connectivity index (χ0n) is 18.6. The fourth-order valence-electron chi connectivity index (χ4n) is 3.11. The van der Waals surface area contributed by atoms with Gasteiger partial charge in [0.1, 0.15) is 5.82 Å². The highest BCUT2D eigenvalue weighted by Crippen LogP contribution is 2.28. The summed E-state index contributed by atoms with van der Waals surface area (Å²) < 4.78 is 67.5. The topological polar surface area (TPSA) is 99.7 Å². The number of anilines is 2. The van der Waals surface area contributed by atoms with Crippen molar-refractivity contribution in [3.05, 3.63) is 77.9 Å². The molecule has 0 saturated heterocycles. The molecule has 1 aromatic heterocycles. The molecule has 0 amide bonds. The molecule has 0 fully saturated rings. The molecule has 0 unspecified atom stereocenters. The normalized spacial score (nSPS) is 12.1. The number of aromatic nitrogens is 1. The van der Waals surface area contributed by atoms with E-state index in [1.165, 1.54) is 44.4 Å². The predicted molar refractivity (Wildman–Crippen MR) is 126 cm³/mol. The number of rotatable bonds is 8. The smallest absolute Gasteiger partial charge is 0.261 e. The van der Waals surface area contributed by atoms with E-state index in [1.807, 2.05) is 0 Å². The molecule has 1 N–H and O–H groups in total. The Hall–Kier alpha value is -3.02. The summed E-state index contributed by atoms with van der Waals surface area (Å²) in [4.78, 5) is 5.94. The van der Waals surface area contributed by atoms with Gasteiger partial charge < -0.3 is 4.90 Å². The van der Waals surface area contributed by atoms with E-state index in [1.54, 1.807) is 49.2 Å². The maximum Gasteiger partial charge on any atom is 0.261 e. The first-order chi connectivity index (χ1) is 15.4. The van der Waals surface area contributed by atoms with Crippen molar-refractivity contribution in [2.45, 2.75) is 23.3 Å². The molecular formula is C22H25FN4O4S2. The molecular weight excluding hydrogens is 467 g/mol. The second-order valence-corrected chi connectivity index (χ2v) is 11.4. The molecule has 3 rings (SSSR count). The monoisotopic (exact) mass is 492 g/mol.